The van der Waals surface area contributed by atoms with Crippen molar-refractivity contribution in [3.05, 3.63) is 30.1 Å². The molecule has 2 amide bonds. The Morgan fingerprint density at radius 2 is 2.00 bits per heavy atom. The zero-order chi connectivity index (χ0) is 14.2. The summed E-state index contributed by atoms with van der Waals surface area (Å²) >= 11 is 0. The standard InChI is InChI=1S/C14H17FN2O2/c1-4-14(3)13(19)17(9(2)12(18)16-14)11-8-6-5-7-10(11)15/h5-9H,4H2,1-3H3,(H,16,18). The Hall–Kier alpha value is -1.91. The van der Waals surface area contributed by atoms with Crippen LogP contribution >= 0.6 is 0 Å². The first-order chi connectivity index (χ1) is 8.90. The number of carbonyl (C=O) groups is 2. The highest BCUT2D eigenvalue weighted by Gasteiger charge is 2.46. The minimum absolute atomic E-state index is 0.148. The highest BCUT2D eigenvalue weighted by atomic mass is 19.1. The van der Waals surface area contributed by atoms with E-state index < -0.39 is 17.4 Å². The molecule has 1 N–H and O–H groups in total. The normalized spacial score (nSPS) is 27.4. The third-order valence-corrected chi connectivity index (χ3v) is 3.68. The fraction of sp³-hybridized carbons (Fsp3) is 0.429. The number of para-hydroxylation sites is 1. The maximum Gasteiger partial charge on any atom is 0.253 e. The Morgan fingerprint density at radius 3 is 2.58 bits per heavy atom. The van der Waals surface area contributed by atoms with E-state index in [1.807, 2.05) is 6.92 Å². The Kier molecular flexibility index (Phi) is 3.30. The van der Waals surface area contributed by atoms with E-state index in [1.54, 1.807) is 26.0 Å². The first-order valence-corrected chi connectivity index (χ1v) is 6.31. The Balaban J connectivity index is 2.50. The van der Waals surface area contributed by atoms with Gasteiger partial charge in [0.2, 0.25) is 5.91 Å². The Labute approximate surface area is 111 Å². The number of nitrogens with one attached hydrogen (secondary N) is 1. The smallest absolute Gasteiger partial charge is 0.253 e. The van der Waals surface area contributed by atoms with Crippen LogP contribution in [0.5, 0.6) is 0 Å². The molecule has 1 aliphatic heterocycles. The first kappa shape index (κ1) is 13.5. The largest absolute Gasteiger partial charge is 0.340 e. The molecule has 1 heterocycles. The number of hydrogen-bond acceptors (Lipinski definition) is 2. The monoisotopic (exact) mass is 264 g/mol. The molecule has 2 unspecified atom stereocenters. The summed E-state index contributed by atoms with van der Waals surface area (Å²) in [4.78, 5) is 25.8. The van der Waals surface area contributed by atoms with Gasteiger partial charge in [0, 0.05) is 0 Å². The number of hydrogen-bond donors (Lipinski definition) is 1. The van der Waals surface area contributed by atoms with Crippen LogP contribution < -0.4 is 10.2 Å². The van der Waals surface area contributed by atoms with Crippen molar-refractivity contribution >= 4 is 17.5 Å². The van der Waals surface area contributed by atoms with E-state index in [-0.39, 0.29) is 17.5 Å². The van der Waals surface area contributed by atoms with Crippen LogP contribution in [0.4, 0.5) is 10.1 Å². The second kappa shape index (κ2) is 4.64. The van der Waals surface area contributed by atoms with Crippen LogP contribution in [0.15, 0.2) is 24.3 Å². The van der Waals surface area contributed by atoms with Gasteiger partial charge in [-0.05, 0) is 32.4 Å². The molecule has 0 bridgehead atoms. The zero-order valence-electron chi connectivity index (χ0n) is 11.2. The topological polar surface area (TPSA) is 49.4 Å². The van der Waals surface area contributed by atoms with Gasteiger partial charge >= 0.3 is 0 Å². The highest BCUT2D eigenvalue weighted by molar-refractivity contribution is 6.10. The van der Waals surface area contributed by atoms with Crippen LogP contribution in [0, 0.1) is 5.82 Å². The van der Waals surface area contributed by atoms with E-state index >= 15 is 0 Å². The second-order valence-electron chi connectivity index (χ2n) is 4.98. The van der Waals surface area contributed by atoms with Crippen LogP contribution in [0.3, 0.4) is 0 Å². The maximum absolute atomic E-state index is 13.9. The van der Waals surface area contributed by atoms with Crippen molar-refractivity contribution in [3.8, 4) is 0 Å². The number of benzene rings is 1. The predicted octanol–water partition coefficient (Wildman–Crippen LogP) is 1.85. The lowest BCUT2D eigenvalue weighted by Crippen LogP contribution is -2.68. The number of rotatable bonds is 2. The van der Waals surface area contributed by atoms with Gasteiger partial charge in [-0.25, -0.2) is 4.39 Å². The highest BCUT2D eigenvalue weighted by Crippen LogP contribution is 2.28. The van der Waals surface area contributed by atoms with Crippen molar-refractivity contribution in [1.82, 2.24) is 5.32 Å². The average Bonchev–Trinajstić information content (AvgIpc) is 2.39. The molecule has 1 aromatic rings. The van der Waals surface area contributed by atoms with Gasteiger partial charge in [-0.15, -0.1) is 0 Å². The molecule has 102 valence electrons. The summed E-state index contributed by atoms with van der Waals surface area (Å²) in [6.45, 7) is 5.07. The van der Waals surface area contributed by atoms with Crippen molar-refractivity contribution in [2.24, 2.45) is 0 Å². The number of amides is 2. The third-order valence-electron chi connectivity index (χ3n) is 3.68. The minimum Gasteiger partial charge on any atom is -0.340 e. The van der Waals surface area contributed by atoms with Crippen LogP contribution in [-0.4, -0.2) is 23.4 Å². The van der Waals surface area contributed by atoms with Gasteiger partial charge in [-0.2, -0.15) is 0 Å². The van der Waals surface area contributed by atoms with Crippen molar-refractivity contribution < 1.29 is 14.0 Å². The lowest BCUT2D eigenvalue weighted by Gasteiger charge is -2.42. The van der Waals surface area contributed by atoms with Gasteiger partial charge in [0.25, 0.3) is 5.91 Å². The van der Waals surface area contributed by atoms with Crippen molar-refractivity contribution in [2.45, 2.75) is 38.8 Å². The van der Waals surface area contributed by atoms with Gasteiger partial charge in [0.1, 0.15) is 17.4 Å². The molecule has 2 rings (SSSR count). The van der Waals surface area contributed by atoms with E-state index in [0.29, 0.717) is 6.42 Å². The number of nitrogens with zero attached hydrogens (tertiary/aromatic N) is 1. The van der Waals surface area contributed by atoms with Crippen molar-refractivity contribution in [1.29, 1.82) is 0 Å². The fourth-order valence-corrected chi connectivity index (χ4v) is 2.19. The molecular formula is C14H17FN2O2. The second-order valence-corrected chi connectivity index (χ2v) is 4.98. The minimum atomic E-state index is -0.980. The van der Waals surface area contributed by atoms with E-state index in [4.69, 9.17) is 0 Å². The number of piperazine rings is 1. The molecule has 4 nitrogen and oxygen atoms in total. The average molecular weight is 264 g/mol. The molecule has 2 atom stereocenters. The summed E-state index contributed by atoms with van der Waals surface area (Å²) in [5.41, 5.74) is -0.833. The van der Waals surface area contributed by atoms with Crippen LogP contribution in [0.2, 0.25) is 0 Å². The van der Waals surface area contributed by atoms with Gasteiger partial charge in [-0.3, -0.25) is 14.5 Å². The summed E-state index contributed by atoms with van der Waals surface area (Å²) in [6, 6.07) is 5.28. The fourth-order valence-electron chi connectivity index (χ4n) is 2.19. The van der Waals surface area contributed by atoms with Crippen molar-refractivity contribution in [3.63, 3.8) is 0 Å². The molecule has 1 aromatic carbocycles. The maximum atomic E-state index is 13.9. The van der Waals surface area contributed by atoms with Gasteiger partial charge in [0.05, 0.1) is 5.69 Å². The predicted molar refractivity (Wildman–Crippen MR) is 70.2 cm³/mol. The Bertz CT molecular complexity index is 532. The number of halogens is 1. The van der Waals surface area contributed by atoms with Crippen LogP contribution in [0.25, 0.3) is 0 Å². The molecule has 0 aromatic heterocycles. The summed E-state index contributed by atoms with van der Waals surface area (Å²) in [5, 5.41) is 2.71. The van der Waals surface area contributed by atoms with Crippen LogP contribution in [-0.2, 0) is 9.59 Å². The zero-order valence-corrected chi connectivity index (χ0v) is 11.2. The summed E-state index contributed by atoms with van der Waals surface area (Å²) < 4.78 is 13.9. The molecule has 5 heteroatoms. The third kappa shape index (κ3) is 2.09. The summed E-state index contributed by atoms with van der Waals surface area (Å²) in [7, 11) is 0. The molecule has 0 saturated carbocycles. The molecule has 19 heavy (non-hydrogen) atoms. The molecule has 1 fully saturated rings. The lowest BCUT2D eigenvalue weighted by atomic mass is 9.91. The van der Waals surface area contributed by atoms with Gasteiger partial charge in [0.15, 0.2) is 0 Å². The quantitative estimate of drug-likeness (QED) is 0.886. The number of anilines is 1. The van der Waals surface area contributed by atoms with E-state index in [2.05, 4.69) is 5.32 Å². The SMILES string of the molecule is CCC1(C)NC(=O)C(C)N(c2ccccc2F)C1=O. The van der Waals surface area contributed by atoms with Crippen LogP contribution in [0.1, 0.15) is 27.2 Å². The van der Waals surface area contributed by atoms with E-state index in [9.17, 15) is 14.0 Å². The van der Waals surface area contributed by atoms with Gasteiger partial charge < -0.3 is 5.32 Å². The lowest BCUT2D eigenvalue weighted by molar-refractivity contribution is -0.137. The Morgan fingerprint density at radius 1 is 1.37 bits per heavy atom. The molecule has 1 saturated heterocycles. The molecular weight excluding hydrogens is 247 g/mol. The van der Waals surface area contributed by atoms with E-state index in [0.717, 1.165) is 0 Å². The number of carbonyl (C=O) groups excluding carboxylic acids is 2. The summed E-state index contributed by atoms with van der Waals surface area (Å²) in [6.07, 6.45) is 0.454. The first-order valence-electron chi connectivity index (χ1n) is 6.31. The molecule has 0 spiro atoms. The molecule has 1 aliphatic rings. The van der Waals surface area contributed by atoms with Gasteiger partial charge in [-0.1, -0.05) is 19.1 Å². The van der Waals surface area contributed by atoms with E-state index in [1.165, 1.54) is 17.0 Å². The molecule has 0 radical (unpaired) electrons. The van der Waals surface area contributed by atoms with Crippen molar-refractivity contribution in [2.75, 3.05) is 4.90 Å². The molecule has 0 aliphatic carbocycles. The summed E-state index contributed by atoms with van der Waals surface area (Å²) in [5.74, 6) is -1.06.